The molecule has 2 aromatic carbocycles. The van der Waals surface area contributed by atoms with E-state index in [0.29, 0.717) is 22.7 Å². The average Bonchev–Trinajstić information content (AvgIpc) is 2.59. The Morgan fingerprint density at radius 3 is 2.43 bits per heavy atom. The van der Waals surface area contributed by atoms with Crippen LogP contribution < -0.4 is 4.74 Å². The largest absolute Gasteiger partial charge is 0.494 e. The molecule has 0 saturated carbocycles. The van der Waals surface area contributed by atoms with Crippen molar-refractivity contribution >= 4 is 22.7 Å². The Kier molecular flexibility index (Phi) is 5.05. The number of aliphatic hydroxyl groups excluding tert-OH is 1. The van der Waals surface area contributed by atoms with Crippen LogP contribution in [0.5, 0.6) is 5.75 Å². The van der Waals surface area contributed by atoms with Gasteiger partial charge in [-0.3, -0.25) is 10.1 Å². The molecular weight excluding hydrogens is 302 g/mol. The maximum Gasteiger partial charge on any atom is 0.269 e. The Balaban J connectivity index is 2.34. The first-order valence-corrected chi connectivity index (χ1v) is 6.44. The van der Waals surface area contributed by atoms with Crippen LogP contribution >= 0.6 is 0 Å². The second-order valence-corrected chi connectivity index (χ2v) is 4.40. The summed E-state index contributed by atoms with van der Waals surface area (Å²) in [6.45, 7) is -0.304. The van der Waals surface area contributed by atoms with Gasteiger partial charge in [-0.05, 0) is 18.2 Å². The molecule has 0 aliphatic heterocycles. The maximum atomic E-state index is 10.6. The monoisotopic (exact) mass is 315 g/mol. The summed E-state index contributed by atoms with van der Waals surface area (Å²) in [4.78, 5) is 10.1. The fourth-order valence-electron chi connectivity index (χ4n) is 1.82. The molecule has 0 unspecified atom stereocenters. The maximum absolute atomic E-state index is 10.6. The number of benzene rings is 2. The topological polar surface area (TPSA) is 134 Å². The molecule has 0 saturated heterocycles. The van der Waals surface area contributed by atoms with Crippen molar-refractivity contribution < 1.29 is 14.8 Å². The van der Waals surface area contributed by atoms with Gasteiger partial charge in [-0.15, -0.1) is 0 Å². The number of nitrogens with zero attached hydrogens (tertiary/aromatic N) is 4. The van der Waals surface area contributed by atoms with Crippen LogP contribution in [0.25, 0.3) is 0 Å². The minimum absolute atomic E-state index is 0.0388. The van der Waals surface area contributed by atoms with Crippen LogP contribution in [0.4, 0.5) is 22.7 Å². The summed E-state index contributed by atoms with van der Waals surface area (Å²) in [7, 11) is 1.43. The molecule has 0 aliphatic rings. The van der Waals surface area contributed by atoms with Crippen LogP contribution in [0, 0.1) is 15.6 Å². The molecule has 0 radical (unpaired) electrons. The van der Waals surface area contributed by atoms with Gasteiger partial charge < -0.3 is 9.84 Å². The van der Waals surface area contributed by atoms with E-state index >= 15 is 0 Å². The average molecular weight is 315 g/mol. The van der Waals surface area contributed by atoms with Gasteiger partial charge in [0.2, 0.25) is 0 Å². The third kappa shape index (κ3) is 3.71. The third-order valence-electron chi connectivity index (χ3n) is 3.00. The van der Waals surface area contributed by atoms with Crippen LogP contribution in [0.1, 0.15) is 5.56 Å². The van der Waals surface area contributed by atoms with Crippen LogP contribution in [-0.2, 0) is 6.61 Å². The highest BCUT2D eigenvalue weighted by Gasteiger charge is 2.10. The molecular formula is C14H13N5O4. The highest BCUT2D eigenvalue weighted by Crippen LogP contribution is 2.35. The molecule has 118 valence electrons. The summed E-state index contributed by atoms with van der Waals surface area (Å²) in [5.41, 5.74) is 8.52. The standard InChI is InChI=1S/C14H13N5O4/c1-23-14-7-12(9(8-20)6-13(14)16-15)18-17-10-2-4-11(5-3-10)19(21)22/h2-7,15,20H,8H2,1H3. The van der Waals surface area contributed by atoms with Gasteiger partial charge in [0.15, 0.2) is 0 Å². The molecule has 0 bridgehead atoms. The molecule has 23 heavy (non-hydrogen) atoms. The normalized spacial score (nSPS) is 10.7. The second kappa shape index (κ2) is 7.18. The lowest BCUT2D eigenvalue weighted by atomic mass is 10.1. The zero-order chi connectivity index (χ0) is 16.8. The number of rotatable bonds is 6. The first-order valence-electron chi connectivity index (χ1n) is 6.44. The summed E-state index contributed by atoms with van der Waals surface area (Å²) in [6.07, 6.45) is 0. The number of methoxy groups -OCH3 is 1. The van der Waals surface area contributed by atoms with Crippen molar-refractivity contribution in [2.75, 3.05) is 7.11 Å². The molecule has 9 heteroatoms. The number of nitrogens with one attached hydrogen (secondary N) is 1. The van der Waals surface area contributed by atoms with E-state index < -0.39 is 4.92 Å². The summed E-state index contributed by atoms with van der Waals surface area (Å²) in [5.74, 6) is 0.329. The quantitative estimate of drug-likeness (QED) is 0.470. The van der Waals surface area contributed by atoms with E-state index in [9.17, 15) is 15.2 Å². The zero-order valence-corrected chi connectivity index (χ0v) is 12.1. The fraction of sp³-hybridized carbons (Fsp3) is 0.143. The molecule has 2 N–H and O–H groups in total. The third-order valence-corrected chi connectivity index (χ3v) is 3.00. The number of azo groups is 1. The van der Waals surface area contributed by atoms with Crippen LogP contribution in [0.15, 0.2) is 51.7 Å². The number of non-ortho nitro benzene ring substituents is 1. The number of nitro benzene ring substituents is 1. The van der Waals surface area contributed by atoms with Gasteiger partial charge in [-0.25, -0.2) is 5.53 Å². The van der Waals surface area contributed by atoms with Gasteiger partial charge in [0.05, 0.1) is 30.0 Å². The molecule has 0 aliphatic carbocycles. The number of hydrogen-bond acceptors (Lipinski definition) is 8. The van der Waals surface area contributed by atoms with E-state index in [1.54, 1.807) is 0 Å². The highest BCUT2D eigenvalue weighted by molar-refractivity contribution is 5.63. The fourth-order valence-corrected chi connectivity index (χ4v) is 1.82. The van der Waals surface area contributed by atoms with Crippen molar-refractivity contribution in [1.82, 2.24) is 0 Å². The SMILES string of the molecule is COc1cc(N=Nc2ccc([N+](=O)[O-])cc2)c(CO)cc1N=N. The minimum Gasteiger partial charge on any atom is -0.494 e. The molecule has 0 atom stereocenters. The predicted octanol–water partition coefficient (Wildman–Crippen LogP) is 4.17. The van der Waals surface area contributed by atoms with E-state index in [1.807, 2.05) is 0 Å². The Labute approximate surface area is 130 Å². The first kappa shape index (κ1) is 16.2. The molecule has 0 amide bonds. The molecule has 0 fully saturated rings. The predicted molar refractivity (Wildman–Crippen MR) is 81.0 cm³/mol. The van der Waals surface area contributed by atoms with Crippen molar-refractivity contribution in [2.45, 2.75) is 6.61 Å². The lowest BCUT2D eigenvalue weighted by Crippen LogP contribution is -1.88. The van der Waals surface area contributed by atoms with Crippen molar-refractivity contribution in [3.05, 3.63) is 52.1 Å². The van der Waals surface area contributed by atoms with E-state index in [1.165, 1.54) is 43.5 Å². The summed E-state index contributed by atoms with van der Waals surface area (Å²) >= 11 is 0. The first-order chi connectivity index (χ1) is 11.1. The van der Waals surface area contributed by atoms with Crippen molar-refractivity contribution in [1.29, 1.82) is 5.53 Å². The number of aliphatic hydroxyl groups is 1. The molecule has 0 aromatic heterocycles. The molecule has 2 rings (SSSR count). The van der Waals surface area contributed by atoms with Crippen molar-refractivity contribution in [3.63, 3.8) is 0 Å². The van der Waals surface area contributed by atoms with E-state index in [4.69, 9.17) is 10.3 Å². The Bertz CT molecular complexity index is 759. The number of nitro groups is 1. The van der Waals surface area contributed by atoms with Gasteiger partial charge in [-0.1, -0.05) is 0 Å². The summed E-state index contributed by atoms with van der Waals surface area (Å²) in [5, 5.41) is 31.3. The Morgan fingerprint density at radius 1 is 1.22 bits per heavy atom. The van der Waals surface area contributed by atoms with Gasteiger partial charge in [0.25, 0.3) is 5.69 Å². The zero-order valence-electron chi connectivity index (χ0n) is 12.1. The van der Waals surface area contributed by atoms with Gasteiger partial charge in [0.1, 0.15) is 11.4 Å². The molecule has 0 spiro atoms. The second-order valence-electron chi connectivity index (χ2n) is 4.40. The van der Waals surface area contributed by atoms with E-state index in [-0.39, 0.29) is 18.0 Å². The highest BCUT2D eigenvalue weighted by atomic mass is 16.6. The molecule has 9 nitrogen and oxygen atoms in total. The lowest BCUT2D eigenvalue weighted by Gasteiger charge is -2.07. The number of hydrogen-bond donors (Lipinski definition) is 2. The Morgan fingerprint density at radius 2 is 1.91 bits per heavy atom. The van der Waals surface area contributed by atoms with Gasteiger partial charge in [0, 0.05) is 23.8 Å². The van der Waals surface area contributed by atoms with Gasteiger partial charge >= 0.3 is 0 Å². The lowest BCUT2D eigenvalue weighted by molar-refractivity contribution is -0.384. The number of ether oxygens (including phenoxy) is 1. The van der Waals surface area contributed by atoms with E-state index in [0.717, 1.165) is 0 Å². The van der Waals surface area contributed by atoms with Crippen molar-refractivity contribution in [3.8, 4) is 5.75 Å². The summed E-state index contributed by atoms with van der Waals surface area (Å²) in [6, 6.07) is 8.56. The summed E-state index contributed by atoms with van der Waals surface area (Å²) < 4.78 is 5.10. The molecule has 2 aromatic rings. The Hall–Kier alpha value is -3.20. The molecule has 0 heterocycles. The van der Waals surface area contributed by atoms with E-state index in [2.05, 4.69) is 15.3 Å². The van der Waals surface area contributed by atoms with Crippen LogP contribution in [0.2, 0.25) is 0 Å². The van der Waals surface area contributed by atoms with Crippen LogP contribution in [0.3, 0.4) is 0 Å². The minimum atomic E-state index is -0.501. The van der Waals surface area contributed by atoms with Gasteiger partial charge in [-0.2, -0.15) is 15.3 Å². The van der Waals surface area contributed by atoms with Crippen molar-refractivity contribution in [2.24, 2.45) is 15.3 Å². The smallest absolute Gasteiger partial charge is 0.269 e. The van der Waals surface area contributed by atoms with Crippen LogP contribution in [-0.4, -0.2) is 17.1 Å².